The number of halogens is 3. The van der Waals surface area contributed by atoms with E-state index in [0.29, 0.717) is 0 Å². The molecule has 5 nitrogen and oxygen atoms in total. The van der Waals surface area contributed by atoms with E-state index in [-0.39, 0.29) is 24.5 Å². The zero-order chi connectivity index (χ0) is 13.2. The molecular formula is C10H10F3N5. The lowest BCUT2D eigenvalue weighted by molar-refractivity contribution is -0.137. The van der Waals surface area contributed by atoms with Crippen LogP contribution in [0.3, 0.4) is 0 Å². The Kier molecular flexibility index (Phi) is 3.28. The van der Waals surface area contributed by atoms with E-state index in [2.05, 4.69) is 15.5 Å². The molecule has 2 rings (SSSR count). The monoisotopic (exact) mass is 257 g/mol. The fraction of sp³-hybridized carbons (Fsp3) is 0.300. The van der Waals surface area contributed by atoms with Gasteiger partial charge in [0.1, 0.15) is 0 Å². The fourth-order valence-corrected chi connectivity index (χ4v) is 1.60. The molecule has 18 heavy (non-hydrogen) atoms. The number of rotatable bonds is 3. The highest BCUT2D eigenvalue weighted by Gasteiger charge is 2.34. The second-order valence-corrected chi connectivity index (χ2v) is 3.56. The van der Waals surface area contributed by atoms with Crippen molar-refractivity contribution in [3.05, 3.63) is 29.8 Å². The lowest BCUT2D eigenvalue weighted by Gasteiger charge is -2.11. The Morgan fingerprint density at radius 1 is 1.22 bits per heavy atom. The van der Waals surface area contributed by atoms with Crippen LogP contribution < -0.4 is 5.73 Å². The number of nitrogens with zero attached hydrogens (tertiary/aromatic N) is 4. The third-order valence-electron chi connectivity index (χ3n) is 2.35. The zero-order valence-electron chi connectivity index (χ0n) is 9.22. The molecule has 0 aliphatic rings. The number of hydrogen-bond donors (Lipinski definition) is 1. The van der Waals surface area contributed by atoms with Crippen LogP contribution in [0.5, 0.6) is 0 Å². The summed E-state index contributed by atoms with van der Waals surface area (Å²) >= 11 is 0. The van der Waals surface area contributed by atoms with Gasteiger partial charge in [0.15, 0.2) is 5.82 Å². The summed E-state index contributed by atoms with van der Waals surface area (Å²) < 4.78 is 39.8. The third-order valence-corrected chi connectivity index (χ3v) is 2.35. The Labute approximate surface area is 100 Å². The van der Waals surface area contributed by atoms with E-state index in [1.807, 2.05) is 0 Å². The van der Waals surface area contributed by atoms with Crippen molar-refractivity contribution in [3.8, 4) is 11.4 Å². The highest BCUT2D eigenvalue weighted by Crippen LogP contribution is 2.35. The summed E-state index contributed by atoms with van der Waals surface area (Å²) in [5, 5.41) is 10.6. The van der Waals surface area contributed by atoms with Crippen LogP contribution in [0, 0.1) is 0 Å². The van der Waals surface area contributed by atoms with Crippen molar-refractivity contribution >= 4 is 0 Å². The zero-order valence-corrected chi connectivity index (χ0v) is 9.22. The standard InChI is InChI=1S/C10H10F3N5/c11-10(12,13)8-4-2-1-3-7(8)9-15-16-17-18(9)6-5-14/h1-4H,5-6,14H2. The van der Waals surface area contributed by atoms with Crippen LogP contribution in [0.1, 0.15) is 5.56 Å². The largest absolute Gasteiger partial charge is 0.417 e. The number of nitrogens with two attached hydrogens (primary N) is 1. The van der Waals surface area contributed by atoms with E-state index in [1.54, 1.807) is 0 Å². The van der Waals surface area contributed by atoms with Crippen LogP contribution in [-0.4, -0.2) is 26.8 Å². The second kappa shape index (κ2) is 4.73. The molecule has 0 unspecified atom stereocenters. The third kappa shape index (κ3) is 2.33. The molecular weight excluding hydrogens is 247 g/mol. The molecule has 0 aliphatic carbocycles. The Morgan fingerprint density at radius 3 is 2.61 bits per heavy atom. The Morgan fingerprint density at radius 2 is 1.94 bits per heavy atom. The molecule has 1 aromatic carbocycles. The first-order chi connectivity index (χ1) is 8.54. The Hall–Kier alpha value is -1.96. The van der Waals surface area contributed by atoms with Crippen molar-refractivity contribution < 1.29 is 13.2 Å². The van der Waals surface area contributed by atoms with Gasteiger partial charge in [-0.25, -0.2) is 4.68 Å². The van der Waals surface area contributed by atoms with Crippen LogP contribution >= 0.6 is 0 Å². The molecule has 0 saturated carbocycles. The lowest BCUT2D eigenvalue weighted by atomic mass is 10.1. The molecule has 0 aliphatic heterocycles. The van der Waals surface area contributed by atoms with Gasteiger partial charge in [-0.2, -0.15) is 13.2 Å². The molecule has 0 amide bonds. The first kappa shape index (κ1) is 12.5. The van der Waals surface area contributed by atoms with E-state index in [9.17, 15) is 13.2 Å². The summed E-state index contributed by atoms with van der Waals surface area (Å²) in [6.45, 7) is 0.501. The van der Waals surface area contributed by atoms with E-state index in [4.69, 9.17) is 5.73 Å². The van der Waals surface area contributed by atoms with Gasteiger partial charge in [-0.15, -0.1) is 5.10 Å². The summed E-state index contributed by atoms with van der Waals surface area (Å²) in [6.07, 6.45) is -4.45. The van der Waals surface area contributed by atoms with Crippen LogP contribution in [0.25, 0.3) is 11.4 Å². The van der Waals surface area contributed by atoms with E-state index in [0.717, 1.165) is 6.07 Å². The molecule has 0 radical (unpaired) electrons. The Bertz CT molecular complexity index is 534. The molecule has 1 heterocycles. The first-order valence-corrected chi connectivity index (χ1v) is 5.17. The second-order valence-electron chi connectivity index (χ2n) is 3.56. The Balaban J connectivity index is 2.54. The number of hydrogen-bond acceptors (Lipinski definition) is 4. The smallest absolute Gasteiger partial charge is 0.329 e. The molecule has 1 aromatic heterocycles. The van der Waals surface area contributed by atoms with Crippen LogP contribution in [0.4, 0.5) is 13.2 Å². The predicted molar refractivity (Wildman–Crippen MR) is 57.3 cm³/mol. The van der Waals surface area contributed by atoms with Crippen molar-refractivity contribution in [2.24, 2.45) is 5.73 Å². The number of tetrazole rings is 1. The maximum absolute atomic E-state index is 12.9. The summed E-state index contributed by atoms with van der Waals surface area (Å²) in [5.74, 6) is 0.0633. The van der Waals surface area contributed by atoms with Crippen molar-refractivity contribution in [2.75, 3.05) is 6.54 Å². The van der Waals surface area contributed by atoms with Gasteiger partial charge >= 0.3 is 6.18 Å². The number of alkyl halides is 3. The molecule has 0 spiro atoms. The normalized spacial score (nSPS) is 11.8. The molecule has 0 saturated heterocycles. The van der Waals surface area contributed by atoms with Crippen molar-refractivity contribution in [1.29, 1.82) is 0 Å². The van der Waals surface area contributed by atoms with Gasteiger partial charge in [0.2, 0.25) is 0 Å². The van der Waals surface area contributed by atoms with Gasteiger partial charge in [-0.3, -0.25) is 0 Å². The average molecular weight is 257 g/mol. The fourth-order valence-electron chi connectivity index (χ4n) is 1.60. The topological polar surface area (TPSA) is 69.6 Å². The minimum atomic E-state index is -4.45. The first-order valence-electron chi connectivity index (χ1n) is 5.17. The van der Waals surface area contributed by atoms with E-state index < -0.39 is 11.7 Å². The van der Waals surface area contributed by atoms with Crippen molar-refractivity contribution in [1.82, 2.24) is 20.2 Å². The quantitative estimate of drug-likeness (QED) is 0.900. The van der Waals surface area contributed by atoms with Gasteiger partial charge in [-0.05, 0) is 16.5 Å². The van der Waals surface area contributed by atoms with Crippen molar-refractivity contribution in [3.63, 3.8) is 0 Å². The molecule has 0 atom stereocenters. The summed E-state index contributed by atoms with van der Waals surface area (Å²) in [4.78, 5) is 0. The molecule has 0 bridgehead atoms. The molecule has 96 valence electrons. The highest BCUT2D eigenvalue weighted by molar-refractivity contribution is 5.60. The molecule has 2 N–H and O–H groups in total. The number of aromatic nitrogens is 4. The van der Waals surface area contributed by atoms with Gasteiger partial charge < -0.3 is 5.73 Å². The van der Waals surface area contributed by atoms with Crippen molar-refractivity contribution in [2.45, 2.75) is 12.7 Å². The summed E-state index contributed by atoms with van der Waals surface area (Å²) in [7, 11) is 0. The highest BCUT2D eigenvalue weighted by atomic mass is 19.4. The summed E-state index contributed by atoms with van der Waals surface area (Å²) in [6, 6.07) is 5.16. The van der Waals surface area contributed by atoms with E-state index in [1.165, 1.54) is 22.9 Å². The average Bonchev–Trinajstić information content (AvgIpc) is 2.77. The maximum atomic E-state index is 12.9. The maximum Gasteiger partial charge on any atom is 0.417 e. The van der Waals surface area contributed by atoms with Gasteiger partial charge in [-0.1, -0.05) is 18.2 Å². The van der Waals surface area contributed by atoms with Crippen LogP contribution in [0.2, 0.25) is 0 Å². The van der Waals surface area contributed by atoms with Gasteiger partial charge in [0.05, 0.1) is 12.1 Å². The predicted octanol–water partition coefficient (Wildman–Crippen LogP) is 1.32. The summed E-state index contributed by atoms with van der Waals surface area (Å²) in [5.41, 5.74) is 4.53. The van der Waals surface area contributed by atoms with Gasteiger partial charge in [0, 0.05) is 12.1 Å². The van der Waals surface area contributed by atoms with Crippen LogP contribution in [-0.2, 0) is 12.7 Å². The minimum absolute atomic E-state index is 0.0524. The molecule has 2 aromatic rings. The van der Waals surface area contributed by atoms with E-state index >= 15 is 0 Å². The van der Waals surface area contributed by atoms with Crippen LogP contribution in [0.15, 0.2) is 24.3 Å². The SMILES string of the molecule is NCCn1nnnc1-c1ccccc1C(F)(F)F. The minimum Gasteiger partial charge on any atom is -0.329 e. The molecule has 8 heteroatoms. The molecule has 0 fully saturated rings. The number of benzene rings is 1. The lowest BCUT2D eigenvalue weighted by Crippen LogP contribution is -2.14. The van der Waals surface area contributed by atoms with Gasteiger partial charge in [0.25, 0.3) is 0 Å².